The van der Waals surface area contributed by atoms with Gasteiger partial charge in [0.15, 0.2) is 0 Å². The van der Waals surface area contributed by atoms with Crippen LogP contribution in [-0.2, 0) is 6.54 Å². The Labute approximate surface area is 91.2 Å². The maximum absolute atomic E-state index is 5.88. The van der Waals surface area contributed by atoms with Crippen LogP contribution in [0.3, 0.4) is 0 Å². The van der Waals surface area contributed by atoms with E-state index in [1.54, 1.807) is 0 Å². The topological polar surface area (TPSA) is 41.3 Å². The van der Waals surface area contributed by atoms with Gasteiger partial charge in [0, 0.05) is 25.3 Å². The first-order chi connectivity index (χ1) is 7.36. The van der Waals surface area contributed by atoms with Gasteiger partial charge in [-0.2, -0.15) is 0 Å². The Kier molecular flexibility index (Phi) is 3.59. The Hall–Kier alpha value is -1.06. The number of benzene rings is 1. The van der Waals surface area contributed by atoms with E-state index in [2.05, 4.69) is 16.5 Å². The van der Waals surface area contributed by atoms with Gasteiger partial charge in [-0.1, -0.05) is 24.6 Å². The van der Waals surface area contributed by atoms with Crippen molar-refractivity contribution < 1.29 is 0 Å². The number of rotatable bonds is 3. The van der Waals surface area contributed by atoms with E-state index in [0.717, 1.165) is 25.3 Å². The summed E-state index contributed by atoms with van der Waals surface area (Å²) < 4.78 is 0. The van der Waals surface area contributed by atoms with Crippen LogP contribution in [0.5, 0.6) is 0 Å². The van der Waals surface area contributed by atoms with E-state index in [-0.39, 0.29) is 0 Å². The van der Waals surface area contributed by atoms with E-state index >= 15 is 0 Å². The monoisotopic (exact) mass is 205 g/mol. The van der Waals surface area contributed by atoms with Crippen LogP contribution >= 0.6 is 0 Å². The lowest BCUT2D eigenvalue weighted by Crippen LogP contribution is -2.41. The summed E-state index contributed by atoms with van der Waals surface area (Å²) in [6.07, 6.45) is 3.97. The second kappa shape index (κ2) is 5.14. The molecule has 0 bridgehead atoms. The first kappa shape index (κ1) is 10.5. The lowest BCUT2D eigenvalue weighted by Gasteiger charge is -2.27. The average Bonchev–Trinajstić information content (AvgIpc) is 2.29. The molecule has 15 heavy (non-hydrogen) atoms. The summed E-state index contributed by atoms with van der Waals surface area (Å²) in [5.41, 5.74) is 11.4. The van der Waals surface area contributed by atoms with Crippen molar-refractivity contribution >= 4 is 5.69 Å². The Morgan fingerprint density at radius 3 is 2.60 bits per heavy atom. The first-order valence-electron chi connectivity index (χ1n) is 5.68. The van der Waals surface area contributed by atoms with Gasteiger partial charge in [-0.3, -0.25) is 5.43 Å². The molecule has 3 N–H and O–H groups in total. The van der Waals surface area contributed by atoms with Crippen molar-refractivity contribution in [2.24, 2.45) is 0 Å². The highest BCUT2D eigenvalue weighted by Gasteiger charge is 2.09. The van der Waals surface area contributed by atoms with Crippen molar-refractivity contribution in [2.45, 2.75) is 25.8 Å². The van der Waals surface area contributed by atoms with Gasteiger partial charge in [0.05, 0.1) is 0 Å². The molecule has 3 nitrogen and oxygen atoms in total. The fourth-order valence-electron chi connectivity index (χ4n) is 1.94. The van der Waals surface area contributed by atoms with Crippen LogP contribution in [-0.4, -0.2) is 18.1 Å². The third-order valence-corrected chi connectivity index (χ3v) is 2.90. The lowest BCUT2D eigenvalue weighted by atomic mass is 10.1. The highest BCUT2D eigenvalue weighted by Crippen LogP contribution is 2.11. The summed E-state index contributed by atoms with van der Waals surface area (Å²) in [4.78, 5) is 0. The number of hydrogen-bond acceptors (Lipinski definition) is 3. The molecule has 0 unspecified atom stereocenters. The molecule has 0 radical (unpaired) electrons. The average molecular weight is 205 g/mol. The summed E-state index contributed by atoms with van der Waals surface area (Å²) >= 11 is 0. The second-order valence-electron chi connectivity index (χ2n) is 4.08. The molecule has 1 aromatic carbocycles. The van der Waals surface area contributed by atoms with E-state index in [0.29, 0.717) is 0 Å². The second-order valence-corrected chi connectivity index (χ2v) is 4.08. The molecule has 0 aromatic heterocycles. The molecule has 2 rings (SSSR count). The molecule has 1 heterocycles. The maximum Gasteiger partial charge on any atom is 0.0373 e. The van der Waals surface area contributed by atoms with E-state index in [1.807, 2.05) is 18.2 Å². The summed E-state index contributed by atoms with van der Waals surface area (Å²) in [6.45, 7) is 3.16. The lowest BCUT2D eigenvalue weighted by molar-refractivity contribution is 0.151. The van der Waals surface area contributed by atoms with Crippen molar-refractivity contribution in [1.82, 2.24) is 10.4 Å². The highest BCUT2D eigenvalue weighted by atomic mass is 15.5. The standard InChI is InChI=1S/C12H19N3/c13-12-7-3-2-6-11(12)10-14-15-8-4-1-5-9-15/h2-3,6-7,14H,1,4-5,8-10,13H2. The van der Waals surface area contributed by atoms with Crippen LogP contribution in [0.1, 0.15) is 24.8 Å². The summed E-state index contributed by atoms with van der Waals surface area (Å²) in [6, 6.07) is 8.03. The Bertz CT molecular complexity index is 305. The van der Waals surface area contributed by atoms with Crippen LogP contribution in [0.25, 0.3) is 0 Å². The molecule has 1 aromatic rings. The van der Waals surface area contributed by atoms with Crippen molar-refractivity contribution in [3.05, 3.63) is 29.8 Å². The number of hydrogen-bond donors (Lipinski definition) is 2. The predicted octanol–water partition coefficient (Wildman–Crippen LogP) is 1.76. The van der Waals surface area contributed by atoms with Crippen molar-refractivity contribution in [3.63, 3.8) is 0 Å². The third kappa shape index (κ3) is 2.94. The number of nitrogens with one attached hydrogen (secondary N) is 1. The zero-order valence-electron chi connectivity index (χ0n) is 9.08. The zero-order chi connectivity index (χ0) is 10.5. The summed E-state index contributed by atoms with van der Waals surface area (Å²) in [5.74, 6) is 0. The van der Waals surface area contributed by atoms with Crippen LogP contribution in [0.4, 0.5) is 5.69 Å². The fourth-order valence-corrected chi connectivity index (χ4v) is 1.94. The molecule has 0 amide bonds. The van der Waals surface area contributed by atoms with Crippen LogP contribution in [0.2, 0.25) is 0 Å². The van der Waals surface area contributed by atoms with E-state index in [4.69, 9.17) is 5.73 Å². The molecule has 1 aliphatic heterocycles. The van der Waals surface area contributed by atoms with E-state index in [1.165, 1.54) is 24.8 Å². The number of anilines is 1. The van der Waals surface area contributed by atoms with Crippen LogP contribution in [0.15, 0.2) is 24.3 Å². The SMILES string of the molecule is Nc1ccccc1CNN1CCCCC1. The third-order valence-electron chi connectivity index (χ3n) is 2.90. The van der Waals surface area contributed by atoms with Gasteiger partial charge in [-0.15, -0.1) is 0 Å². The fraction of sp³-hybridized carbons (Fsp3) is 0.500. The molecule has 0 saturated carbocycles. The van der Waals surface area contributed by atoms with Crippen molar-refractivity contribution in [2.75, 3.05) is 18.8 Å². The molecule has 1 saturated heterocycles. The predicted molar refractivity (Wildman–Crippen MR) is 63.1 cm³/mol. The normalized spacial score (nSPS) is 17.9. The minimum Gasteiger partial charge on any atom is -0.398 e. The minimum absolute atomic E-state index is 0.840. The Morgan fingerprint density at radius 2 is 1.87 bits per heavy atom. The summed E-state index contributed by atoms with van der Waals surface area (Å²) in [7, 11) is 0. The smallest absolute Gasteiger partial charge is 0.0373 e. The molecular weight excluding hydrogens is 186 g/mol. The minimum atomic E-state index is 0.840. The molecule has 3 heteroatoms. The van der Waals surface area contributed by atoms with Crippen molar-refractivity contribution in [1.29, 1.82) is 0 Å². The molecule has 1 aliphatic rings. The van der Waals surface area contributed by atoms with Gasteiger partial charge in [-0.25, -0.2) is 5.01 Å². The number of para-hydroxylation sites is 1. The first-order valence-corrected chi connectivity index (χ1v) is 5.68. The van der Waals surface area contributed by atoms with Gasteiger partial charge in [0.25, 0.3) is 0 Å². The van der Waals surface area contributed by atoms with E-state index in [9.17, 15) is 0 Å². The van der Waals surface area contributed by atoms with Crippen LogP contribution < -0.4 is 11.2 Å². The molecule has 0 spiro atoms. The largest absolute Gasteiger partial charge is 0.398 e. The molecule has 0 atom stereocenters. The number of piperidine rings is 1. The number of nitrogen functional groups attached to an aromatic ring is 1. The molecule has 0 aliphatic carbocycles. The molecule has 82 valence electrons. The number of hydrazine groups is 1. The van der Waals surface area contributed by atoms with Crippen LogP contribution in [0, 0.1) is 0 Å². The van der Waals surface area contributed by atoms with Gasteiger partial charge in [0.2, 0.25) is 0 Å². The quantitative estimate of drug-likeness (QED) is 0.739. The van der Waals surface area contributed by atoms with Crippen molar-refractivity contribution in [3.8, 4) is 0 Å². The number of nitrogens with zero attached hydrogens (tertiary/aromatic N) is 1. The van der Waals surface area contributed by atoms with Gasteiger partial charge >= 0.3 is 0 Å². The van der Waals surface area contributed by atoms with E-state index < -0.39 is 0 Å². The highest BCUT2D eigenvalue weighted by molar-refractivity contribution is 5.46. The van der Waals surface area contributed by atoms with Gasteiger partial charge < -0.3 is 5.73 Å². The Morgan fingerprint density at radius 1 is 1.13 bits per heavy atom. The maximum atomic E-state index is 5.88. The Balaban J connectivity index is 1.84. The molecular formula is C12H19N3. The number of nitrogens with two attached hydrogens (primary N) is 1. The zero-order valence-corrected chi connectivity index (χ0v) is 9.08. The molecule has 1 fully saturated rings. The van der Waals surface area contributed by atoms with Gasteiger partial charge in [0.1, 0.15) is 0 Å². The van der Waals surface area contributed by atoms with Gasteiger partial charge in [-0.05, 0) is 24.5 Å². The summed E-state index contributed by atoms with van der Waals surface area (Å²) in [5, 5.41) is 2.30.